The van der Waals surface area contributed by atoms with Crippen molar-refractivity contribution in [3.8, 4) is 0 Å². The zero-order valence-corrected chi connectivity index (χ0v) is 12.9. The van der Waals surface area contributed by atoms with Crippen LogP contribution in [0, 0.1) is 0 Å². The van der Waals surface area contributed by atoms with Crippen molar-refractivity contribution in [3.05, 3.63) is 0 Å². The van der Waals surface area contributed by atoms with Gasteiger partial charge in [-0.15, -0.1) is 0 Å². The smallest absolute Gasteiger partial charge is 0.193 e. The fraction of sp³-hybridized carbons (Fsp3) is 0.923. The van der Waals surface area contributed by atoms with Crippen LogP contribution in [-0.4, -0.2) is 59.3 Å². The van der Waals surface area contributed by atoms with Gasteiger partial charge >= 0.3 is 0 Å². The molecule has 1 heterocycles. The van der Waals surface area contributed by atoms with Crippen molar-refractivity contribution in [2.24, 2.45) is 4.99 Å². The zero-order chi connectivity index (χ0) is 13.6. The molecule has 1 rings (SSSR count). The first-order valence-corrected chi connectivity index (χ1v) is 7.86. The van der Waals surface area contributed by atoms with E-state index in [0.29, 0.717) is 11.8 Å². The lowest BCUT2D eigenvalue weighted by Gasteiger charge is -2.35. The van der Waals surface area contributed by atoms with Gasteiger partial charge in [-0.2, -0.15) is 11.8 Å². The third-order valence-electron chi connectivity index (χ3n) is 3.49. The van der Waals surface area contributed by atoms with Crippen molar-refractivity contribution in [1.82, 2.24) is 10.2 Å². The van der Waals surface area contributed by atoms with Crippen LogP contribution < -0.4 is 5.32 Å². The van der Waals surface area contributed by atoms with E-state index in [1.165, 1.54) is 6.42 Å². The number of nitrogens with zero attached hydrogens (tertiary/aromatic N) is 2. The molecule has 0 spiro atoms. The van der Waals surface area contributed by atoms with Gasteiger partial charge in [-0.1, -0.05) is 13.8 Å². The first-order chi connectivity index (χ1) is 8.52. The quantitative estimate of drug-likeness (QED) is 0.603. The van der Waals surface area contributed by atoms with Crippen LogP contribution in [-0.2, 0) is 0 Å². The Hall–Kier alpha value is -0.420. The molecule has 2 N–H and O–H groups in total. The average molecular weight is 273 g/mol. The van der Waals surface area contributed by atoms with Crippen LogP contribution in [0.2, 0.25) is 0 Å². The van der Waals surface area contributed by atoms with Crippen molar-refractivity contribution >= 4 is 17.7 Å². The van der Waals surface area contributed by atoms with Gasteiger partial charge in [-0.05, 0) is 19.8 Å². The lowest BCUT2D eigenvalue weighted by molar-refractivity contribution is 0.0597. The van der Waals surface area contributed by atoms with Crippen molar-refractivity contribution in [2.75, 3.05) is 32.4 Å². The van der Waals surface area contributed by atoms with Gasteiger partial charge in [0.1, 0.15) is 0 Å². The monoisotopic (exact) mass is 273 g/mol. The van der Waals surface area contributed by atoms with Gasteiger partial charge in [-0.25, -0.2) is 0 Å². The maximum atomic E-state index is 10.0. The lowest BCUT2D eigenvalue weighted by Crippen LogP contribution is -2.51. The molecule has 0 aromatic carbocycles. The molecule has 1 saturated heterocycles. The second kappa shape index (κ2) is 7.24. The first kappa shape index (κ1) is 15.6. The molecule has 18 heavy (non-hydrogen) atoms. The number of aliphatic imine (C=N–C) groups is 1. The Labute approximate surface area is 115 Å². The Bertz CT molecular complexity index is 281. The second-order valence-electron chi connectivity index (χ2n) is 5.10. The molecular formula is C13H27N3OS. The standard InChI is InChI=1S/C13H27N3OS/c1-5-11-9-16(7-8-18-11)12(14-4)15-10-13(3,17)6-2/h11,17H,5-10H2,1-4H3,(H,14,15). The van der Waals surface area contributed by atoms with Crippen LogP contribution in [0.3, 0.4) is 0 Å². The summed E-state index contributed by atoms with van der Waals surface area (Å²) in [5.74, 6) is 2.08. The van der Waals surface area contributed by atoms with Crippen molar-refractivity contribution in [1.29, 1.82) is 0 Å². The number of aliphatic hydroxyl groups is 1. The summed E-state index contributed by atoms with van der Waals surface area (Å²) in [7, 11) is 1.81. The topological polar surface area (TPSA) is 47.9 Å². The molecule has 1 fully saturated rings. The summed E-state index contributed by atoms with van der Waals surface area (Å²) in [6.45, 7) is 8.73. The Balaban J connectivity index is 2.51. The Kier molecular flexibility index (Phi) is 6.29. The third-order valence-corrected chi connectivity index (χ3v) is 4.87. The van der Waals surface area contributed by atoms with Gasteiger partial charge in [0.05, 0.1) is 5.60 Å². The lowest BCUT2D eigenvalue weighted by atomic mass is 10.0. The molecule has 0 aromatic heterocycles. The molecular weight excluding hydrogens is 246 g/mol. The van der Waals surface area contributed by atoms with E-state index in [9.17, 15) is 5.11 Å². The maximum Gasteiger partial charge on any atom is 0.193 e. The predicted octanol–water partition coefficient (Wildman–Crippen LogP) is 1.55. The van der Waals surface area contributed by atoms with Crippen LogP contribution in [0.1, 0.15) is 33.6 Å². The minimum atomic E-state index is -0.662. The summed E-state index contributed by atoms with van der Waals surface area (Å²) >= 11 is 2.05. The molecule has 0 bridgehead atoms. The van der Waals surface area contributed by atoms with Crippen molar-refractivity contribution < 1.29 is 5.11 Å². The summed E-state index contributed by atoms with van der Waals surface area (Å²) < 4.78 is 0. The Morgan fingerprint density at radius 3 is 2.83 bits per heavy atom. The number of hydrogen-bond donors (Lipinski definition) is 2. The zero-order valence-electron chi connectivity index (χ0n) is 12.1. The highest BCUT2D eigenvalue weighted by atomic mass is 32.2. The van der Waals surface area contributed by atoms with E-state index in [2.05, 4.69) is 22.1 Å². The van der Waals surface area contributed by atoms with E-state index < -0.39 is 5.60 Å². The summed E-state index contributed by atoms with van der Waals surface area (Å²) in [4.78, 5) is 6.63. The van der Waals surface area contributed by atoms with E-state index >= 15 is 0 Å². The molecule has 0 saturated carbocycles. The van der Waals surface area contributed by atoms with Crippen LogP contribution in [0.5, 0.6) is 0 Å². The van der Waals surface area contributed by atoms with Gasteiger partial charge in [0.2, 0.25) is 0 Å². The largest absolute Gasteiger partial charge is 0.388 e. The summed E-state index contributed by atoms with van der Waals surface area (Å²) in [6, 6.07) is 0. The highest BCUT2D eigenvalue weighted by molar-refractivity contribution is 8.00. The van der Waals surface area contributed by atoms with Gasteiger partial charge in [0.15, 0.2) is 5.96 Å². The molecule has 5 heteroatoms. The molecule has 2 atom stereocenters. The average Bonchev–Trinajstić information content (AvgIpc) is 2.39. The molecule has 0 amide bonds. The maximum absolute atomic E-state index is 10.0. The number of guanidine groups is 1. The Morgan fingerprint density at radius 2 is 2.28 bits per heavy atom. The number of nitrogens with one attached hydrogen (secondary N) is 1. The third kappa shape index (κ3) is 4.69. The first-order valence-electron chi connectivity index (χ1n) is 6.82. The fourth-order valence-corrected chi connectivity index (χ4v) is 3.07. The van der Waals surface area contributed by atoms with Crippen LogP contribution in [0.15, 0.2) is 4.99 Å². The Morgan fingerprint density at radius 1 is 1.56 bits per heavy atom. The summed E-state index contributed by atoms with van der Waals surface area (Å²) in [6.07, 6.45) is 1.94. The molecule has 106 valence electrons. The van der Waals surface area contributed by atoms with E-state index in [1.54, 1.807) is 0 Å². The molecule has 1 aliphatic rings. The summed E-state index contributed by atoms with van der Waals surface area (Å²) in [5, 5.41) is 14.0. The SMILES string of the molecule is CCC1CN(C(=NC)NCC(C)(O)CC)CCS1. The van der Waals surface area contributed by atoms with E-state index in [4.69, 9.17) is 0 Å². The van der Waals surface area contributed by atoms with Gasteiger partial charge in [0, 0.05) is 37.7 Å². The fourth-order valence-electron chi connectivity index (χ4n) is 1.89. The minimum absolute atomic E-state index is 0.552. The van der Waals surface area contributed by atoms with Crippen LogP contribution >= 0.6 is 11.8 Å². The van der Waals surface area contributed by atoms with Crippen molar-refractivity contribution in [3.63, 3.8) is 0 Å². The predicted molar refractivity (Wildman–Crippen MR) is 80.4 cm³/mol. The van der Waals surface area contributed by atoms with E-state index in [-0.39, 0.29) is 0 Å². The molecule has 2 unspecified atom stereocenters. The normalized spacial score (nSPS) is 24.8. The highest BCUT2D eigenvalue weighted by Gasteiger charge is 2.23. The van der Waals surface area contributed by atoms with Crippen LogP contribution in [0.4, 0.5) is 0 Å². The van der Waals surface area contributed by atoms with Gasteiger partial charge in [0.25, 0.3) is 0 Å². The second-order valence-corrected chi connectivity index (χ2v) is 6.51. The molecule has 4 nitrogen and oxygen atoms in total. The number of rotatable bonds is 4. The van der Waals surface area contributed by atoms with Gasteiger partial charge < -0.3 is 15.3 Å². The highest BCUT2D eigenvalue weighted by Crippen LogP contribution is 2.21. The summed E-state index contributed by atoms with van der Waals surface area (Å²) in [5.41, 5.74) is -0.662. The van der Waals surface area contributed by atoms with Crippen LogP contribution in [0.25, 0.3) is 0 Å². The van der Waals surface area contributed by atoms with E-state index in [0.717, 1.165) is 31.2 Å². The molecule has 0 aromatic rings. The molecule has 0 aliphatic carbocycles. The molecule has 1 aliphatic heterocycles. The van der Waals surface area contributed by atoms with E-state index in [1.807, 2.05) is 32.7 Å². The minimum Gasteiger partial charge on any atom is -0.388 e. The van der Waals surface area contributed by atoms with Gasteiger partial charge in [-0.3, -0.25) is 4.99 Å². The number of hydrogen-bond acceptors (Lipinski definition) is 3. The van der Waals surface area contributed by atoms with Crippen molar-refractivity contribution in [2.45, 2.75) is 44.5 Å². The molecule has 0 radical (unpaired) electrons. The number of thioether (sulfide) groups is 1.